The molecule has 1 aromatic carbocycles. The van der Waals surface area contributed by atoms with Crippen molar-refractivity contribution in [2.45, 2.75) is 51.5 Å². The highest BCUT2D eigenvalue weighted by molar-refractivity contribution is 6.21. The van der Waals surface area contributed by atoms with Gasteiger partial charge in [-0.3, -0.25) is 19.3 Å². The van der Waals surface area contributed by atoms with E-state index >= 15 is 0 Å². The van der Waals surface area contributed by atoms with Gasteiger partial charge in [-0.1, -0.05) is 12.1 Å². The molecule has 0 radical (unpaired) electrons. The van der Waals surface area contributed by atoms with Crippen LogP contribution >= 0.6 is 0 Å². The first-order valence-corrected chi connectivity index (χ1v) is 11.3. The molecule has 4 aliphatic carbocycles. The van der Waals surface area contributed by atoms with Crippen LogP contribution in [-0.2, 0) is 17.8 Å². The van der Waals surface area contributed by atoms with Crippen molar-refractivity contribution in [2.24, 2.45) is 23.2 Å². The van der Waals surface area contributed by atoms with Crippen molar-refractivity contribution in [1.29, 1.82) is 0 Å². The Hall–Kier alpha value is -2.90. The highest BCUT2D eigenvalue weighted by Gasteiger charge is 2.54. The monoisotopic (exact) mass is 419 g/mol. The smallest absolute Gasteiger partial charge is 0.261 e. The average Bonchev–Trinajstić information content (AvgIpc) is 3.28. The SMILES string of the molecule is O=C1c2ccccc2C(=O)N1CCc1nnn(CC(=O)C23CC4CC(CC(C4)C2)C3)n1. The third-order valence-corrected chi connectivity index (χ3v) is 7.85. The lowest BCUT2D eigenvalue weighted by atomic mass is 9.48. The van der Waals surface area contributed by atoms with Gasteiger partial charge in [0.05, 0.1) is 11.1 Å². The first-order valence-electron chi connectivity index (χ1n) is 11.3. The van der Waals surface area contributed by atoms with Gasteiger partial charge in [0.25, 0.3) is 11.8 Å². The predicted molar refractivity (Wildman–Crippen MR) is 109 cm³/mol. The minimum absolute atomic E-state index is 0.159. The lowest BCUT2D eigenvalue weighted by molar-refractivity contribution is -0.145. The summed E-state index contributed by atoms with van der Waals surface area (Å²) in [6.45, 7) is 0.354. The van der Waals surface area contributed by atoms with Crippen molar-refractivity contribution in [3.8, 4) is 0 Å². The van der Waals surface area contributed by atoms with E-state index in [0.717, 1.165) is 19.3 Å². The summed E-state index contributed by atoms with van der Waals surface area (Å²) in [6.07, 6.45) is 7.30. The number of carbonyl (C=O) groups is 3. The molecule has 0 saturated heterocycles. The van der Waals surface area contributed by atoms with Gasteiger partial charge < -0.3 is 0 Å². The Kier molecular flexibility index (Phi) is 4.13. The Morgan fingerprint density at radius 1 is 0.968 bits per heavy atom. The first kappa shape index (κ1) is 18.8. The number of Topliss-reactive ketones (excluding diaryl/α,β-unsaturated/α-hetero) is 1. The summed E-state index contributed by atoms with van der Waals surface area (Å²) in [7, 11) is 0. The van der Waals surface area contributed by atoms with Crippen LogP contribution in [0.2, 0.25) is 0 Å². The van der Waals surface area contributed by atoms with Crippen molar-refractivity contribution in [1.82, 2.24) is 25.1 Å². The fraction of sp³-hybridized carbons (Fsp3) is 0.565. The van der Waals surface area contributed by atoms with Crippen LogP contribution in [0.25, 0.3) is 0 Å². The maximum atomic E-state index is 13.2. The zero-order valence-electron chi connectivity index (χ0n) is 17.4. The molecule has 4 saturated carbocycles. The molecule has 0 atom stereocenters. The quantitative estimate of drug-likeness (QED) is 0.667. The highest BCUT2D eigenvalue weighted by Crippen LogP contribution is 2.60. The van der Waals surface area contributed by atoms with Gasteiger partial charge in [0.2, 0.25) is 0 Å². The molecule has 1 aliphatic heterocycles. The van der Waals surface area contributed by atoms with Crippen LogP contribution in [0.3, 0.4) is 0 Å². The maximum Gasteiger partial charge on any atom is 0.261 e. The third-order valence-electron chi connectivity index (χ3n) is 7.85. The van der Waals surface area contributed by atoms with Gasteiger partial charge in [-0.25, -0.2) is 0 Å². The number of hydrogen-bond acceptors (Lipinski definition) is 6. The molecular formula is C23H25N5O3. The Morgan fingerprint density at radius 3 is 2.13 bits per heavy atom. The third kappa shape index (κ3) is 3.03. The molecule has 0 N–H and O–H groups in total. The summed E-state index contributed by atoms with van der Waals surface area (Å²) < 4.78 is 0. The number of ketones is 1. The average molecular weight is 419 g/mol. The molecule has 7 rings (SSSR count). The summed E-state index contributed by atoms with van der Waals surface area (Å²) >= 11 is 0. The van der Waals surface area contributed by atoms with Gasteiger partial charge >= 0.3 is 0 Å². The Balaban J connectivity index is 1.10. The van der Waals surface area contributed by atoms with Crippen LogP contribution < -0.4 is 0 Å². The number of hydrogen-bond donors (Lipinski definition) is 0. The second-order valence-corrected chi connectivity index (χ2v) is 9.91. The van der Waals surface area contributed by atoms with Crippen LogP contribution in [0.4, 0.5) is 0 Å². The van der Waals surface area contributed by atoms with Gasteiger partial charge in [-0.2, -0.15) is 4.80 Å². The van der Waals surface area contributed by atoms with E-state index in [1.807, 2.05) is 0 Å². The molecule has 160 valence electrons. The molecule has 2 aromatic rings. The zero-order chi connectivity index (χ0) is 21.2. The maximum absolute atomic E-state index is 13.2. The van der Waals surface area contributed by atoms with Crippen LogP contribution in [0.15, 0.2) is 24.3 Å². The van der Waals surface area contributed by atoms with E-state index in [4.69, 9.17) is 0 Å². The summed E-state index contributed by atoms with van der Waals surface area (Å²) in [5, 5.41) is 12.5. The second-order valence-electron chi connectivity index (χ2n) is 9.91. The minimum atomic E-state index is -0.287. The van der Waals surface area contributed by atoms with Gasteiger partial charge in [0, 0.05) is 18.4 Å². The largest absolute Gasteiger partial charge is 0.297 e. The van der Waals surface area contributed by atoms with Crippen molar-refractivity contribution in [2.75, 3.05) is 6.54 Å². The number of fused-ring (bicyclic) bond motifs is 1. The predicted octanol–water partition coefficient (Wildman–Crippen LogP) is 2.30. The molecule has 4 bridgehead atoms. The molecule has 1 aromatic heterocycles. The molecule has 0 unspecified atom stereocenters. The molecule has 2 amide bonds. The molecule has 0 spiro atoms. The lowest BCUT2D eigenvalue weighted by Gasteiger charge is -2.55. The topological polar surface area (TPSA) is 98.0 Å². The number of benzene rings is 1. The number of aromatic nitrogens is 4. The highest BCUT2D eigenvalue weighted by atomic mass is 16.2. The number of amides is 2. The van der Waals surface area contributed by atoms with E-state index in [-0.39, 0.29) is 36.1 Å². The van der Waals surface area contributed by atoms with Crippen LogP contribution in [0.1, 0.15) is 65.1 Å². The number of tetrazole rings is 1. The summed E-state index contributed by atoms with van der Waals surface area (Å²) in [5.41, 5.74) is 0.693. The standard InChI is InChI=1S/C23H25N5O3/c29-19(23-10-14-7-15(11-23)9-16(8-14)12-23)13-28-25-20(24-26-28)5-6-27-21(30)17-3-1-2-4-18(17)22(27)31/h1-4,14-16H,5-13H2. The fourth-order valence-electron chi connectivity index (χ4n) is 6.85. The lowest BCUT2D eigenvalue weighted by Crippen LogP contribution is -2.50. The van der Waals surface area contributed by atoms with E-state index in [2.05, 4.69) is 15.4 Å². The van der Waals surface area contributed by atoms with Gasteiger partial charge in [0.1, 0.15) is 6.54 Å². The van der Waals surface area contributed by atoms with Gasteiger partial charge in [-0.15, -0.1) is 10.2 Å². The summed E-state index contributed by atoms with van der Waals surface area (Å²) in [4.78, 5) is 40.8. The minimum Gasteiger partial charge on any atom is -0.297 e. The zero-order valence-corrected chi connectivity index (χ0v) is 17.4. The molecule has 4 fully saturated rings. The number of carbonyl (C=O) groups excluding carboxylic acids is 3. The van der Waals surface area contributed by atoms with Crippen LogP contribution in [0, 0.1) is 23.2 Å². The fourth-order valence-corrected chi connectivity index (χ4v) is 6.85. The van der Waals surface area contributed by atoms with E-state index in [0.29, 0.717) is 41.1 Å². The Morgan fingerprint density at radius 2 is 1.55 bits per heavy atom. The van der Waals surface area contributed by atoms with Crippen molar-refractivity contribution in [3.63, 3.8) is 0 Å². The number of rotatable bonds is 6. The molecular weight excluding hydrogens is 394 g/mol. The molecule has 5 aliphatic rings. The van der Waals surface area contributed by atoms with Crippen LogP contribution in [-0.4, -0.2) is 49.2 Å². The van der Waals surface area contributed by atoms with Crippen molar-refractivity contribution >= 4 is 17.6 Å². The van der Waals surface area contributed by atoms with E-state index in [9.17, 15) is 14.4 Å². The Bertz CT molecular complexity index is 1020. The van der Waals surface area contributed by atoms with Gasteiger partial charge in [0.15, 0.2) is 11.6 Å². The van der Waals surface area contributed by atoms with Crippen LogP contribution in [0.5, 0.6) is 0 Å². The van der Waals surface area contributed by atoms with E-state index < -0.39 is 0 Å². The second kappa shape index (κ2) is 6.80. The molecule has 31 heavy (non-hydrogen) atoms. The van der Waals surface area contributed by atoms with E-state index in [1.165, 1.54) is 29.0 Å². The Labute approximate surface area is 180 Å². The van der Waals surface area contributed by atoms with E-state index in [1.54, 1.807) is 24.3 Å². The summed E-state index contributed by atoms with van der Waals surface area (Å²) in [5.74, 6) is 2.26. The molecule has 8 heteroatoms. The van der Waals surface area contributed by atoms with Crippen molar-refractivity contribution < 1.29 is 14.4 Å². The summed E-state index contributed by atoms with van der Waals surface area (Å²) in [6, 6.07) is 6.84. The van der Waals surface area contributed by atoms with Gasteiger partial charge in [-0.05, 0) is 73.6 Å². The van der Waals surface area contributed by atoms with Crippen molar-refractivity contribution in [3.05, 3.63) is 41.2 Å². The number of imide groups is 1. The normalized spacial score (nSPS) is 30.8. The molecule has 2 heterocycles. The first-order chi connectivity index (χ1) is 15.0. The number of nitrogens with zero attached hydrogens (tertiary/aromatic N) is 5. The molecule has 8 nitrogen and oxygen atoms in total.